The van der Waals surface area contributed by atoms with E-state index in [1.807, 2.05) is 47.9 Å². The number of hydrogen-bond donors (Lipinski definition) is 1. The van der Waals surface area contributed by atoms with E-state index in [1.54, 1.807) is 0 Å². The zero-order valence-corrected chi connectivity index (χ0v) is 29.9. The van der Waals surface area contributed by atoms with E-state index in [1.165, 1.54) is 67.9 Å². The Morgan fingerprint density at radius 3 is 2.07 bits per heavy atom. The van der Waals surface area contributed by atoms with Crippen LogP contribution < -0.4 is 5.32 Å². The monoisotopic (exact) mass is 581 g/mol. The van der Waals surface area contributed by atoms with Crippen LogP contribution >= 0.6 is 0 Å². The molecule has 4 heteroatoms. The SMILES string of the molecule is C/C=C(\C)C(C)(C)C.C=CCC1=NC(C(=C)NCCCN2CCCCC2)=CC1.CC.C\C=C(C)/C=C\C(=C/C)N(C)C. The van der Waals surface area contributed by atoms with Gasteiger partial charge in [-0.25, -0.2) is 0 Å². The van der Waals surface area contributed by atoms with Crippen LogP contribution in [0.25, 0.3) is 0 Å². The summed E-state index contributed by atoms with van der Waals surface area (Å²) in [5.41, 5.74) is 7.51. The molecule has 4 nitrogen and oxygen atoms in total. The molecule has 0 aromatic heterocycles. The minimum atomic E-state index is 0.370. The largest absolute Gasteiger partial charge is 0.384 e. The number of rotatable bonds is 11. The minimum Gasteiger partial charge on any atom is -0.384 e. The van der Waals surface area contributed by atoms with Gasteiger partial charge in [-0.1, -0.05) is 95.2 Å². The van der Waals surface area contributed by atoms with E-state index in [4.69, 9.17) is 0 Å². The third-order valence-corrected chi connectivity index (χ3v) is 7.34. The van der Waals surface area contributed by atoms with Crippen LogP contribution in [-0.4, -0.2) is 55.8 Å². The molecular formula is C38H68N4. The number of nitrogens with zero attached hydrogens (tertiary/aromatic N) is 3. The fraction of sp³-hybridized carbons (Fsp3) is 0.605. The number of likely N-dealkylation sites (tertiary alicyclic amines) is 1. The van der Waals surface area contributed by atoms with Gasteiger partial charge in [-0.3, -0.25) is 4.99 Å². The third-order valence-electron chi connectivity index (χ3n) is 7.34. The molecule has 2 aliphatic rings. The van der Waals surface area contributed by atoms with Crippen LogP contribution in [0.15, 0.2) is 88.9 Å². The van der Waals surface area contributed by atoms with Gasteiger partial charge in [0.1, 0.15) is 0 Å². The van der Waals surface area contributed by atoms with E-state index in [2.05, 4.69) is 111 Å². The molecule has 0 radical (unpaired) electrons. The summed E-state index contributed by atoms with van der Waals surface area (Å²) < 4.78 is 0. The molecule has 2 heterocycles. The highest BCUT2D eigenvalue weighted by Gasteiger charge is 2.12. The molecule has 1 N–H and O–H groups in total. The van der Waals surface area contributed by atoms with Crippen molar-refractivity contribution in [2.45, 2.75) is 108 Å². The van der Waals surface area contributed by atoms with Crippen molar-refractivity contribution in [2.75, 3.05) is 40.3 Å². The number of nitrogens with one attached hydrogen (secondary N) is 1. The van der Waals surface area contributed by atoms with Crippen LogP contribution in [0.4, 0.5) is 0 Å². The summed E-state index contributed by atoms with van der Waals surface area (Å²) in [6.45, 7) is 33.7. The molecule has 42 heavy (non-hydrogen) atoms. The summed E-state index contributed by atoms with van der Waals surface area (Å²) in [6.07, 6.45) is 21.8. The molecule has 0 spiro atoms. The number of allylic oxidation sites excluding steroid dienone is 9. The lowest BCUT2D eigenvalue weighted by Gasteiger charge is -2.26. The Labute approximate surface area is 262 Å². The number of likely N-dealkylation sites (N-methyl/N-ethyl adjacent to an activating group) is 1. The van der Waals surface area contributed by atoms with Crippen molar-refractivity contribution in [2.24, 2.45) is 10.4 Å². The zero-order valence-electron chi connectivity index (χ0n) is 29.9. The normalized spacial score (nSPS) is 16.1. The maximum Gasteiger partial charge on any atom is 0.0818 e. The van der Waals surface area contributed by atoms with E-state index in [9.17, 15) is 0 Å². The highest BCUT2D eigenvalue weighted by molar-refractivity contribution is 5.90. The quantitative estimate of drug-likeness (QED) is 0.150. The fourth-order valence-electron chi connectivity index (χ4n) is 4.03. The molecule has 0 unspecified atom stereocenters. The van der Waals surface area contributed by atoms with Crippen LogP contribution in [0.1, 0.15) is 108 Å². The van der Waals surface area contributed by atoms with Crippen LogP contribution in [0, 0.1) is 5.41 Å². The van der Waals surface area contributed by atoms with E-state index >= 15 is 0 Å². The summed E-state index contributed by atoms with van der Waals surface area (Å²) in [5.74, 6) is 0. The van der Waals surface area contributed by atoms with Gasteiger partial charge in [0.15, 0.2) is 0 Å². The molecular weight excluding hydrogens is 512 g/mol. The summed E-state index contributed by atoms with van der Waals surface area (Å²) in [7, 11) is 4.09. The van der Waals surface area contributed by atoms with Gasteiger partial charge in [0.2, 0.25) is 0 Å². The average molecular weight is 581 g/mol. The van der Waals surface area contributed by atoms with Crippen molar-refractivity contribution in [1.29, 1.82) is 0 Å². The first kappa shape index (κ1) is 41.5. The Hall–Kier alpha value is -2.59. The highest BCUT2D eigenvalue weighted by Crippen LogP contribution is 2.23. The number of aliphatic imine (C=N–C) groups is 1. The summed E-state index contributed by atoms with van der Waals surface area (Å²) in [4.78, 5) is 9.25. The molecule has 0 aromatic rings. The first-order chi connectivity index (χ1) is 19.9. The first-order valence-corrected chi connectivity index (χ1v) is 16.2. The molecule has 1 fully saturated rings. The molecule has 0 saturated carbocycles. The Morgan fingerprint density at radius 1 is 1.00 bits per heavy atom. The van der Waals surface area contributed by atoms with Crippen molar-refractivity contribution in [3.8, 4) is 0 Å². The van der Waals surface area contributed by atoms with Gasteiger partial charge in [-0.05, 0) is 85.0 Å². The van der Waals surface area contributed by atoms with Crippen molar-refractivity contribution in [3.05, 3.63) is 83.9 Å². The second-order valence-corrected chi connectivity index (χ2v) is 11.8. The second kappa shape index (κ2) is 25.0. The predicted molar refractivity (Wildman–Crippen MR) is 193 cm³/mol. The Bertz CT molecular complexity index is 927. The highest BCUT2D eigenvalue weighted by atomic mass is 15.1. The Morgan fingerprint density at radius 2 is 1.62 bits per heavy atom. The maximum atomic E-state index is 4.58. The third kappa shape index (κ3) is 20.3. The Kier molecular flexibility index (Phi) is 24.7. The molecule has 1 saturated heterocycles. The molecule has 0 atom stereocenters. The van der Waals surface area contributed by atoms with E-state index in [0.717, 1.165) is 30.8 Å². The molecule has 240 valence electrons. The number of hydrogen-bond acceptors (Lipinski definition) is 4. The topological polar surface area (TPSA) is 30.9 Å². The molecule has 0 aromatic carbocycles. The van der Waals surface area contributed by atoms with Crippen LogP contribution in [-0.2, 0) is 0 Å². The molecule has 2 aliphatic heterocycles. The van der Waals surface area contributed by atoms with Crippen molar-refractivity contribution >= 4 is 5.71 Å². The maximum absolute atomic E-state index is 4.58. The average Bonchev–Trinajstić information content (AvgIpc) is 3.45. The van der Waals surface area contributed by atoms with Crippen LogP contribution in [0.3, 0.4) is 0 Å². The van der Waals surface area contributed by atoms with Gasteiger partial charge < -0.3 is 15.1 Å². The second-order valence-electron chi connectivity index (χ2n) is 11.8. The fourth-order valence-corrected chi connectivity index (χ4v) is 4.03. The van der Waals surface area contributed by atoms with Gasteiger partial charge in [0.05, 0.1) is 11.4 Å². The lowest BCUT2D eigenvalue weighted by Crippen LogP contribution is -2.32. The lowest BCUT2D eigenvalue weighted by molar-refractivity contribution is 0.226. The summed E-state index contributed by atoms with van der Waals surface area (Å²) in [5, 5.41) is 3.40. The molecule has 0 amide bonds. The standard InChI is InChI=1S/C17H27N3.C11H19N.C8H16.C2H6/c1-3-8-16-9-10-17(19-16)15(2)18-11-7-14-20-12-5-4-6-13-20;1-6-10(3)8-9-11(7-2)12(4)5;1-6-7(2)8(3,4)5;1-2/h3,10,18H,1-2,4-9,11-14H2;6-9H,1-5H3;6H,1-5H3;1-2H3/b;9-8-,10-6-,11-7+;7-6+;. The Balaban J connectivity index is 0. The number of piperidine rings is 1. The molecule has 2 rings (SSSR count). The molecule has 0 aliphatic carbocycles. The van der Waals surface area contributed by atoms with Gasteiger partial charge in [-0.15, -0.1) is 6.58 Å². The minimum absolute atomic E-state index is 0.370. The van der Waals surface area contributed by atoms with Crippen molar-refractivity contribution < 1.29 is 0 Å². The van der Waals surface area contributed by atoms with Crippen molar-refractivity contribution in [1.82, 2.24) is 15.1 Å². The van der Waals surface area contributed by atoms with Crippen LogP contribution in [0.5, 0.6) is 0 Å². The first-order valence-electron chi connectivity index (χ1n) is 16.2. The molecule has 0 bridgehead atoms. The summed E-state index contributed by atoms with van der Waals surface area (Å²) in [6, 6.07) is 0. The smallest absolute Gasteiger partial charge is 0.0818 e. The zero-order chi connectivity index (χ0) is 32.6. The van der Waals surface area contributed by atoms with Gasteiger partial charge in [-0.2, -0.15) is 0 Å². The van der Waals surface area contributed by atoms with Crippen molar-refractivity contribution in [3.63, 3.8) is 0 Å². The van der Waals surface area contributed by atoms with Gasteiger partial charge in [0, 0.05) is 44.9 Å². The lowest BCUT2D eigenvalue weighted by atomic mass is 9.88. The van der Waals surface area contributed by atoms with Gasteiger partial charge in [0.25, 0.3) is 0 Å². The van der Waals surface area contributed by atoms with E-state index < -0.39 is 0 Å². The predicted octanol–water partition coefficient (Wildman–Crippen LogP) is 10.3. The van der Waals surface area contributed by atoms with E-state index in [-0.39, 0.29) is 0 Å². The summed E-state index contributed by atoms with van der Waals surface area (Å²) >= 11 is 0. The van der Waals surface area contributed by atoms with Crippen LogP contribution in [0.2, 0.25) is 0 Å². The van der Waals surface area contributed by atoms with E-state index in [0.29, 0.717) is 5.41 Å². The van der Waals surface area contributed by atoms with Gasteiger partial charge >= 0.3 is 0 Å².